The van der Waals surface area contributed by atoms with Gasteiger partial charge < -0.3 is 15.4 Å². The van der Waals surface area contributed by atoms with E-state index in [0.717, 1.165) is 54.4 Å². The molecule has 1 atom stereocenters. The molecule has 0 radical (unpaired) electrons. The molecule has 0 aromatic heterocycles. The Morgan fingerprint density at radius 2 is 1.68 bits per heavy atom. The summed E-state index contributed by atoms with van der Waals surface area (Å²) >= 11 is 0. The first-order chi connectivity index (χ1) is 13.7. The fraction of sp³-hybridized carbons (Fsp3) is 0.476. The van der Waals surface area contributed by atoms with Gasteiger partial charge >= 0.3 is 0 Å². The van der Waals surface area contributed by atoms with Crippen molar-refractivity contribution in [2.75, 3.05) is 26.3 Å². The Balaban J connectivity index is 1.57. The molecule has 0 spiro atoms. The van der Waals surface area contributed by atoms with Crippen LogP contribution in [0.4, 0.5) is 0 Å². The lowest BCUT2D eigenvalue weighted by Gasteiger charge is -2.24. The summed E-state index contributed by atoms with van der Waals surface area (Å²) in [5.74, 6) is -0.0771. The van der Waals surface area contributed by atoms with Gasteiger partial charge in [0.15, 0.2) is 0 Å². The lowest BCUT2D eigenvalue weighted by Crippen LogP contribution is -2.40. The molecule has 28 heavy (non-hydrogen) atoms. The lowest BCUT2D eigenvalue weighted by molar-refractivity contribution is 0.0697. The van der Waals surface area contributed by atoms with Gasteiger partial charge in [0.05, 0.1) is 4.90 Å². The van der Waals surface area contributed by atoms with Crippen LogP contribution in [0, 0.1) is 0 Å². The molecule has 2 aliphatic heterocycles. The Morgan fingerprint density at radius 3 is 2.43 bits per heavy atom. The van der Waals surface area contributed by atoms with E-state index >= 15 is 0 Å². The number of hydrogen-bond acceptors (Lipinski definition) is 4. The Morgan fingerprint density at radius 1 is 0.964 bits per heavy atom. The Bertz CT molecular complexity index is 791. The second-order valence-electron chi connectivity index (χ2n) is 7.43. The minimum Gasteiger partial charge on any atom is -0.381 e. The Hall–Kier alpha value is -1.80. The third-order valence-electron chi connectivity index (χ3n) is 5.50. The molecule has 2 aromatic rings. The van der Waals surface area contributed by atoms with Crippen molar-refractivity contribution in [3.8, 4) is 0 Å². The summed E-state index contributed by atoms with van der Waals surface area (Å²) in [6.07, 6.45) is 3.61. The van der Waals surface area contributed by atoms with Crippen LogP contribution in [0.1, 0.15) is 36.0 Å². The van der Waals surface area contributed by atoms with Crippen molar-refractivity contribution < 1.29 is 13.7 Å². The molecule has 7 heteroatoms. The van der Waals surface area contributed by atoms with E-state index < -0.39 is 11.0 Å². The summed E-state index contributed by atoms with van der Waals surface area (Å²) in [4.78, 5) is 13.6. The average molecular weight is 402 g/mol. The predicted octanol–water partition coefficient (Wildman–Crippen LogP) is 2.11. The van der Waals surface area contributed by atoms with Crippen LogP contribution in [0.5, 0.6) is 0 Å². The summed E-state index contributed by atoms with van der Waals surface area (Å²) in [6.45, 7) is 3.26. The Labute approximate surface area is 168 Å². The van der Waals surface area contributed by atoms with Crippen molar-refractivity contribution in [2.24, 2.45) is 0 Å². The van der Waals surface area contributed by atoms with E-state index in [1.54, 1.807) is 6.07 Å². The van der Waals surface area contributed by atoms with Gasteiger partial charge in [-0.3, -0.25) is 4.79 Å². The smallest absolute Gasteiger partial charge is 0.252 e. The standard InChI is InChI=1S/C21H27N3O3S/c25-21(23-15-9-13-27-14-10-15)19-5-6-20(18-4-2-1-3-17(18)19)28(26)24-16-7-11-22-12-8-16/h1-6,15-16,22,24H,7-14H2,(H,23,25). The van der Waals surface area contributed by atoms with E-state index in [4.69, 9.17) is 4.74 Å². The maximum Gasteiger partial charge on any atom is 0.252 e. The van der Waals surface area contributed by atoms with Crippen molar-refractivity contribution >= 4 is 27.7 Å². The number of piperidine rings is 1. The first-order valence-electron chi connectivity index (χ1n) is 10.0. The van der Waals surface area contributed by atoms with Crippen molar-refractivity contribution in [2.45, 2.75) is 42.7 Å². The van der Waals surface area contributed by atoms with E-state index in [2.05, 4.69) is 15.4 Å². The van der Waals surface area contributed by atoms with Crippen molar-refractivity contribution in [3.63, 3.8) is 0 Å². The van der Waals surface area contributed by atoms with Crippen LogP contribution in [0.3, 0.4) is 0 Å². The van der Waals surface area contributed by atoms with Crippen LogP contribution in [0.25, 0.3) is 10.8 Å². The Kier molecular flexibility index (Phi) is 6.36. The second kappa shape index (κ2) is 9.13. The largest absolute Gasteiger partial charge is 0.381 e. The molecule has 0 bridgehead atoms. The summed E-state index contributed by atoms with van der Waals surface area (Å²) < 4.78 is 21.6. The van der Waals surface area contributed by atoms with Gasteiger partial charge in [0.1, 0.15) is 11.0 Å². The minimum atomic E-state index is -1.31. The highest BCUT2D eigenvalue weighted by atomic mass is 32.2. The fourth-order valence-corrected chi connectivity index (χ4v) is 5.13. The highest BCUT2D eigenvalue weighted by Gasteiger charge is 2.21. The summed E-state index contributed by atoms with van der Waals surface area (Å²) in [5.41, 5.74) is 0.629. The van der Waals surface area contributed by atoms with Gasteiger partial charge in [-0.2, -0.15) is 0 Å². The van der Waals surface area contributed by atoms with Gasteiger partial charge in [0.2, 0.25) is 0 Å². The van der Waals surface area contributed by atoms with Gasteiger partial charge in [0.25, 0.3) is 5.91 Å². The number of carbonyl (C=O) groups is 1. The first kappa shape index (κ1) is 19.5. The molecule has 0 saturated carbocycles. The minimum absolute atomic E-state index is 0.0771. The number of hydrogen-bond donors (Lipinski definition) is 3. The number of carbonyl (C=O) groups excluding carboxylic acids is 1. The molecule has 2 aliphatic rings. The van der Waals surface area contributed by atoms with Crippen molar-refractivity contribution in [1.29, 1.82) is 0 Å². The van der Waals surface area contributed by atoms with E-state index in [9.17, 15) is 9.00 Å². The van der Waals surface area contributed by atoms with Crippen LogP contribution >= 0.6 is 0 Å². The zero-order chi connectivity index (χ0) is 19.3. The van der Waals surface area contributed by atoms with E-state index in [0.29, 0.717) is 18.8 Å². The zero-order valence-electron chi connectivity index (χ0n) is 15.9. The molecule has 1 amide bonds. The monoisotopic (exact) mass is 401 g/mol. The molecule has 3 N–H and O–H groups in total. The summed E-state index contributed by atoms with van der Waals surface area (Å²) in [6, 6.07) is 11.7. The molecule has 2 heterocycles. The number of fused-ring (bicyclic) bond motifs is 1. The fourth-order valence-electron chi connectivity index (χ4n) is 3.89. The van der Waals surface area contributed by atoms with Crippen LogP contribution in [0.2, 0.25) is 0 Å². The molecule has 2 aromatic carbocycles. The number of benzene rings is 2. The summed E-state index contributed by atoms with van der Waals surface area (Å²) in [5, 5.41) is 8.14. The molecule has 0 aliphatic carbocycles. The molecule has 6 nitrogen and oxygen atoms in total. The SMILES string of the molecule is O=C(NC1CCOCC1)c1ccc(S(=O)NC2CCNCC2)c2ccccc12. The average Bonchev–Trinajstić information content (AvgIpc) is 2.74. The van der Waals surface area contributed by atoms with Crippen LogP contribution < -0.4 is 15.4 Å². The number of rotatable bonds is 5. The van der Waals surface area contributed by atoms with Crippen molar-refractivity contribution in [1.82, 2.24) is 15.4 Å². The zero-order valence-corrected chi connectivity index (χ0v) is 16.7. The van der Waals surface area contributed by atoms with Gasteiger partial charge in [-0.25, -0.2) is 8.93 Å². The van der Waals surface area contributed by atoms with Gasteiger partial charge in [-0.05, 0) is 61.7 Å². The molecular weight excluding hydrogens is 374 g/mol. The van der Waals surface area contributed by atoms with Gasteiger partial charge in [-0.15, -0.1) is 0 Å². The molecular formula is C21H27N3O3S. The highest BCUT2D eigenvalue weighted by Crippen LogP contribution is 2.26. The highest BCUT2D eigenvalue weighted by molar-refractivity contribution is 7.83. The maximum atomic E-state index is 13.0. The van der Waals surface area contributed by atoms with E-state index in [1.807, 2.05) is 30.3 Å². The third kappa shape index (κ3) is 4.43. The van der Waals surface area contributed by atoms with E-state index in [-0.39, 0.29) is 18.0 Å². The third-order valence-corrected chi connectivity index (χ3v) is 6.80. The predicted molar refractivity (Wildman–Crippen MR) is 111 cm³/mol. The lowest BCUT2D eigenvalue weighted by atomic mass is 10.0. The molecule has 1 unspecified atom stereocenters. The van der Waals surface area contributed by atoms with Crippen molar-refractivity contribution in [3.05, 3.63) is 42.0 Å². The topological polar surface area (TPSA) is 79.5 Å². The number of nitrogens with one attached hydrogen (secondary N) is 3. The summed E-state index contributed by atoms with van der Waals surface area (Å²) in [7, 11) is -1.31. The van der Waals surface area contributed by atoms with Crippen LogP contribution in [-0.2, 0) is 15.7 Å². The van der Waals surface area contributed by atoms with Crippen LogP contribution in [0.15, 0.2) is 41.3 Å². The quantitative estimate of drug-likeness (QED) is 0.717. The molecule has 150 valence electrons. The number of ether oxygens (including phenoxy) is 1. The first-order valence-corrected chi connectivity index (χ1v) is 11.2. The molecule has 2 saturated heterocycles. The molecule has 2 fully saturated rings. The molecule has 4 rings (SSSR count). The second-order valence-corrected chi connectivity index (χ2v) is 8.64. The normalized spacial score (nSPS) is 20.1. The van der Waals surface area contributed by atoms with Gasteiger partial charge in [-0.1, -0.05) is 24.3 Å². The maximum absolute atomic E-state index is 13.0. The van der Waals surface area contributed by atoms with E-state index in [1.165, 1.54) is 0 Å². The van der Waals surface area contributed by atoms with Gasteiger partial charge in [0, 0.05) is 30.9 Å². The van der Waals surface area contributed by atoms with Crippen LogP contribution in [-0.4, -0.2) is 48.5 Å². The number of amides is 1.